The van der Waals surface area contributed by atoms with Crippen molar-refractivity contribution < 1.29 is 14.7 Å². The van der Waals surface area contributed by atoms with E-state index in [-0.39, 0.29) is 11.1 Å². The second-order valence-corrected chi connectivity index (χ2v) is 2.89. The molecule has 0 aromatic rings. The van der Waals surface area contributed by atoms with Gasteiger partial charge in [-0.1, -0.05) is 15.9 Å². The van der Waals surface area contributed by atoms with E-state index in [1.54, 1.807) is 0 Å². The highest BCUT2D eigenvalue weighted by atomic mass is 79.9. The quantitative estimate of drug-likeness (QED) is 0.558. The summed E-state index contributed by atoms with van der Waals surface area (Å²) in [6, 6.07) is 0. The number of halogens is 1. The highest BCUT2D eigenvalue weighted by Gasteiger charge is 2.36. The molecule has 10 heavy (non-hydrogen) atoms. The maximum absolute atomic E-state index is 10.7. The second-order valence-electron chi connectivity index (χ2n) is 2.33. The van der Waals surface area contributed by atoms with Gasteiger partial charge in [0.05, 0.1) is 0 Å². The molecule has 1 N–H and O–H groups in total. The van der Waals surface area contributed by atoms with E-state index in [1.807, 2.05) is 0 Å². The van der Waals surface area contributed by atoms with Gasteiger partial charge in [0.1, 0.15) is 11.2 Å². The number of hydrogen-bond acceptors (Lipinski definition) is 2. The van der Waals surface area contributed by atoms with Gasteiger partial charge in [0, 0.05) is 5.33 Å². The summed E-state index contributed by atoms with van der Waals surface area (Å²) in [5.74, 6) is -1.42. The summed E-state index contributed by atoms with van der Waals surface area (Å²) in [7, 11) is 0. The van der Waals surface area contributed by atoms with E-state index < -0.39 is 11.4 Å². The second kappa shape index (κ2) is 3.14. The van der Waals surface area contributed by atoms with E-state index in [2.05, 4.69) is 15.9 Å². The van der Waals surface area contributed by atoms with E-state index in [1.165, 1.54) is 13.8 Å². The molecule has 0 aliphatic rings. The van der Waals surface area contributed by atoms with Crippen molar-refractivity contribution in [1.29, 1.82) is 0 Å². The van der Waals surface area contributed by atoms with Crippen LogP contribution in [0.4, 0.5) is 0 Å². The lowest BCUT2D eigenvalue weighted by atomic mass is 9.89. The standard InChI is InChI=1S/C6H9BrO3/c1-4(8)6(2,3-7)5(9)10/h3H2,1-2H3,(H,9,10). The molecule has 0 amide bonds. The molecular formula is C6H9BrO3. The maximum Gasteiger partial charge on any atom is 0.317 e. The predicted octanol–water partition coefficient (Wildman–Crippen LogP) is 1.06. The molecule has 4 heteroatoms. The molecule has 0 saturated heterocycles. The molecule has 3 nitrogen and oxygen atoms in total. The molecule has 0 heterocycles. The van der Waals surface area contributed by atoms with Crippen molar-refractivity contribution in [3.63, 3.8) is 0 Å². The van der Waals surface area contributed by atoms with Crippen LogP contribution in [0.15, 0.2) is 0 Å². The van der Waals surface area contributed by atoms with Gasteiger partial charge in [-0.25, -0.2) is 0 Å². The Hall–Kier alpha value is -0.380. The number of alkyl halides is 1. The Morgan fingerprint density at radius 2 is 2.00 bits per heavy atom. The van der Waals surface area contributed by atoms with Crippen molar-refractivity contribution in [2.75, 3.05) is 5.33 Å². The van der Waals surface area contributed by atoms with Gasteiger partial charge in [-0.3, -0.25) is 9.59 Å². The van der Waals surface area contributed by atoms with Crippen molar-refractivity contribution >= 4 is 27.7 Å². The number of carboxylic acids is 1. The summed E-state index contributed by atoms with van der Waals surface area (Å²) < 4.78 is 0. The fourth-order valence-corrected chi connectivity index (χ4v) is 0.937. The highest BCUT2D eigenvalue weighted by molar-refractivity contribution is 9.09. The largest absolute Gasteiger partial charge is 0.480 e. The zero-order valence-electron chi connectivity index (χ0n) is 5.85. The zero-order chi connectivity index (χ0) is 8.36. The van der Waals surface area contributed by atoms with Crippen LogP contribution < -0.4 is 0 Å². The molecule has 0 saturated carbocycles. The minimum Gasteiger partial charge on any atom is -0.480 e. The lowest BCUT2D eigenvalue weighted by molar-refractivity contribution is -0.151. The molecule has 0 aliphatic heterocycles. The first-order valence-electron chi connectivity index (χ1n) is 2.75. The predicted molar refractivity (Wildman–Crippen MR) is 40.2 cm³/mol. The van der Waals surface area contributed by atoms with E-state index in [0.717, 1.165) is 0 Å². The average Bonchev–Trinajstić information content (AvgIpc) is 1.85. The molecule has 0 spiro atoms. The van der Waals surface area contributed by atoms with Gasteiger partial charge in [0.15, 0.2) is 0 Å². The van der Waals surface area contributed by atoms with Crippen molar-refractivity contribution in [3.05, 3.63) is 0 Å². The van der Waals surface area contributed by atoms with Crippen LogP contribution in [0.5, 0.6) is 0 Å². The number of carboxylic acid groups (broad SMARTS) is 1. The first kappa shape index (κ1) is 9.62. The van der Waals surface area contributed by atoms with Crippen LogP contribution in [0.25, 0.3) is 0 Å². The molecule has 0 radical (unpaired) electrons. The fourth-order valence-electron chi connectivity index (χ4n) is 0.302. The van der Waals surface area contributed by atoms with Crippen LogP contribution >= 0.6 is 15.9 Å². The first-order valence-corrected chi connectivity index (χ1v) is 3.87. The van der Waals surface area contributed by atoms with Crippen molar-refractivity contribution in [1.82, 2.24) is 0 Å². The summed E-state index contributed by atoms with van der Waals surface area (Å²) in [4.78, 5) is 21.2. The van der Waals surface area contributed by atoms with Crippen LogP contribution in [-0.2, 0) is 9.59 Å². The van der Waals surface area contributed by atoms with Gasteiger partial charge in [-0.15, -0.1) is 0 Å². The lowest BCUT2D eigenvalue weighted by Crippen LogP contribution is -2.36. The minimum absolute atomic E-state index is 0.157. The Labute approximate surface area is 67.5 Å². The SMILES string of the molecule is CC(=O)C(C)(CBr)C(=O)O. The molecule has 0 fully saturated rings. The van der Waals surface area contributed by atoms with Crippen LogP contribution in [0.2, 0.25) is 0 Å². The Morgan fingerprint density at radius 3 is 2.00 bits per heavy atom. The van der Waals surface area contributed by atoms with Gasteiger partial charge >= 0.3 is 5.97 Å². The van der Waals surface area contributed by atoms with Crippen LogP contribution in [0, 0.1) is 5.41 Å². The van der Waals surface area contributed by atoms with E-state index in [4.69, 9.17) is 5.11 Å². The molecule has 0 aromatic heterocycles. The number of carbonyl (C=O) groups is 2. The molecule has 1 unspecified atom stereocenters. The van der Waals surface area contributed by atoms with Gasteiger partial charge < -0.3 is 5.11 Å². The summed E-state index contributed by atoms with van der Waals surface area (Å²) in [6.07, 6.45) is 0. The Bertz CT molecular complexity index is 150. The molecule has 0 bridgehead atoms. The number of carbonyl (C=O) groups excluding carboxylic acids is 1. The number of ketones is 1. The van der Waals surface area contributed by atoms with Crippen molar-refractivity contribution in [2.24, 2.45) is 5.41 Å². The number of Topliss-reactive ketones (excluding diaryl/α,β-unsaturated/α-hetero) is 1. The summed E-state index contributed by atoms with van der Waals surface area (Å²) in [6.45, 7) is 2.67. The molecule has 1 atom stereocenters. The van der Waals surface area contributed by atoms with Crippen LogP contribution in [0.1, 0.15) is 13.8 Å². The zero-order valence-corrected chi connectivity index (χ0v) is 7.43. The van der Waals surface area contributed by atoms with Crippen LogP contribution in [-0.4, -0.2) is 22.2 Å². The lowest BCUT2D eigenvalue weighted by Gasteiger charge is -2.17. The Morgan fingerprint density at radius 1 is 1.60 bits per heavy atom. The summed E-state index contributed by atoms with van der Waals surface area (Å²) in [5, 5.41) is 8.71. The van der Waals surface area contributed by atoms with Crippen molar-refractivity contribution in [3.8, 4) is 0 Å². The topological polar surface area (TPSA) is 54.4 Å². The van der Waals surface area contributed by atoms with Gasteiger partial charge in [-0.2, -0.15) is 0 Å². The van der Waals surface area contributed by atoms with E-state index in [9.17, 15) is 9.59 Å². The number of aliphatic carboxylic acids is 1. The number of hydrogen-bond donors (Lipinski definition) is 1. The van der Waals surface area contributed by atoms with Crippen molar-refractivity contribution in [2.45, 2.75) is 13.8 Å². The third-order valence-electron chi connectivity index (χ3n) is 1.52. The van der Waals surface area contributed by atoms with E-state index >= 15 is 0 Å². The van der Waals surface area contributed by atoms with E-state index in [0.29, 0.717) is 0 Å². The minimum atomic E-state index is -1.26. The number of rotatable bonds is 3. The fraction of sp³-hybridized carbons (Fsp3) is 0.667. The molecule has 0 aromatic carbocycles. The summed E-state index contributed by atoms with van der Waals surface area (Å²) in [5.41, 5.74) is -1.26. The summed E-state index contributed by atoms with van der Waals surface area (Å²) >= 11 is 2.97. The first-order chi connectivity index (χ1) is 4.45. The Balaban J connectivity index is 4.55. The van der Waals surface area contributed by atoms with Gasteiger partial charge in [-0.05, 0) is 13.8 Å². The highest BCUT2D eigenvalue weighted by Crippen LogP contribution is 2.20. The molecule has 58 valence electrons. The maximum atomic E-state index is 10.7. The molecule has 0 rings (SSSR count). The van der Waals surface area contributed by atoms with Crippen LogP contribution in [0.3, 0.4) is 0 Å². The van der Waals surface area contributed by atoms with Gasteiger partial charge in [0.2, 0.25) is 0 Å². The Kier molecular flexibility index (Phi) is 3.02. The monoisotopic (exact) mass is 208 g/mol. The molecule has 0 aliphatic carbocycles. The normalized spacial score (nSPS) is 15.9. The third kappa shape index (κ3) is 1.56. The third-order valence-corrected chi connectivity index (χ3v) is 2.64. The molecular weight excluding hydrogens is 200 g/mol. The van der Waals surface area contributed by atoms with Gasteiger partial charge in [0.25, 0.3) is 0 Å². The smallest absolute Gasteiger partial charge is 0.317 e. The average molecular weight is 209 g/mol.